The van der Waals surface area contributed by atoms with Gasteiger partial charge in [-0.05, 0) is 6.08 Å². The van der Waals surface area contributed by atoms with Gasteiger partial charge in [0, 0.05) is 18.2 Å². The molecule has 8 heteroatoms. The summed E-state index contributed by atoms with van der Waals surface area (Å²) < 4.78 is 4.80. The van der Waals surface area contributed by atoms with E-state index in [9.17, 15) is 24.3 Å². The third-order valence-electron chi connectivity index (χ3n) is 2.86. The van der Waals surface area contributed by atoms with Crippen molar-refractivity contribution in [2.24, 2.45) is 0 Å². The molecular formula is C12H11NO6S. The Labute approximate surface area is 118 Å². The number of esters is 1. The van der Waals surface area contributed by atoms with Crippen LogP contribution >= 0.6 is 11.8 Å². The summed E-state index contributed by atoms with van der Waals surface area (Å²) in [5.41, 5.74) is 0.491. The number of β-lactam (4-membered cyclic amide) rings is 1. The van der Waals surface area contributed by atoms with Gasteiger partial charge in [-0.1, -0.05) is 0 Å². The molecule has 2 rings (SSSR count). The Hall–Kier alpha value is -2.09. The number of carboxylic acids is 1. The van der Waals surface area contributed by atoms with Crippen LogP contribution in [0.1, 0.15) is 6.92 Å². The summed E-state index contributed by atoms with van der Waals surface area (Å²) in [6, 6.07) is 0. The predicted molar refractivity (Wildman–Crippen MR) is 68.5 cm³/mol. The summed E-state index contributed by atoms with van der Waals surface area (Å²) >= 11 is 1.31. The largest absolute Gasteiger partial charge is 0.477 e. The van der Waals surface area contributed by atoms with Crippen molar-refractivity contribution in [2.45, 2.75) is 12.3 Å². The van der Waals surface area contributed by atoms with Gasteiger partial charge >= 0.3 is 11.9 Å². The van der Waals surface area contributed by atoms with Crippen LogP contribution < -0.4 is 0 Å². The van der Waals surface area contributed by atoms with Gasteiger partial charge < -0.3 is 9.84 Å². The molecule has 0 aromatic rings. The number of aldehydes is 1. The van der Waals surface area contributed by atoms with E-state index in [0.717, 1.165) is 11.0 Å². The monoisotopic (exact) mass is 297 g/mol. The first-order valence-corrected chi connectivity index (χ1v) is 6.71. The summed E-state index contributed by atoms with van der Waals surface area (Å²) in [6.45, 7) is 1.06. The Bertz CT molecular complexity index is 564. The molecule has 1 N–H and O–H groups in total. The summed E-state index contributed by atoms with van der Waals surface area (Å²) in [7, 11) is 0. The molecule has 2 aliphatic rings. The van der Waals surface area contributed by atoms with Gasteiger partial charge in [-0.3, -0.25) is 19.3 Å². The number of rotatable bonds is 4. The molecule has 0 aliphatic carbocycles. The van der Waals surface area contributed by atoms with Crippen molar-refractivity contribution in [3.8, 4) is 0 Å². The molecule has 1 atom stereocenters. The number of thioether (sulfide) groups is 1. The Morgan fingerprint density at radius 2 is 2.25 bits per heavy atom. The average molecular weight is 297 g/mol. The number of aliphatic carboxylic acids is 1. The minimum absolute atomic E-state index is 0.160. The van der Waals surface area contributed by atoms with Crippen LogP contribution in [0.4, 0.5) is 0 Å². The summed E-state index contributed by atoms with van der Waals surface area (Å²) in [5, 5.41) is 8.78. The Morgan fingerprint density at radius 1 is 1.55 bits per heavy atom. The maximum absolute atomic E-state index is 11.9. The zero-order valence-electron chi connectivity index (χ0n) is 10.5. The van der Waals surface area contributed by atoms with Crippen molar-refractivity contribution < 1.29 is 29.0 Å². The normalized spacial score (nSPS) is 23.2. The van der Waals surface area contributed by atoms with Gasteiger partial charge in [0.25, 0.3) is 5.91 Å². The molecule has 0 aromatic carbocycles. The van der Waals surface area contributed by atoms with E-state index in [1.165, 1.54) is 18.7 Å². The lowest BCUT2D eigenvalue weighted by atomic mass is 10.0. The lowest BCUT2D eigenvalue weighted by Crippen LogP contribution is -2.56. The van der Waals surface area contributed by atoms with Crippen LogP contribution in [0.3, 0.4) is 0 Å². The third-order valence-corrected chi connectivity index (χ3v) is 4.15. The molecule has 7 nitrogen and oxygen atoms in total. The van der Waals surface area contributed by atoms with Crippen molar-refractivity contribution >= 4 is 35.9 Å². The molecule has 0 spiro atoms. The lowest BCUT2D eigenvalue weighted by Gasteiger charge is -2.45. The number of allylic oxidation sites excluding steroid dienone is 1. The smallest absolute Gasteiger partial charge is 0.352 e. The molecule has 0 aromatic heterocycles. The number of fused-ring (bicyclic) bond motifs is 1. The minimum Gasteiger partial charge on any atom is -0.477 e. The van der Waals surface area contributed by atoms with Crippen molar-refractivity contribution in [3.63, 3.8) is 0 Å². The van der Waals surface area contributed by atoms with Crippen molar-refractivity contribution in [1.82, 2.24) is 4.90 Å². The third kappa shape index (κ3) is 2.34. The Morgan fingerprint density at radius 3 is 2.80 bits per heavy atom. The number of hydrogen-bond donors (Lipinski definition) is 1. The molecule has 2 heterocycles. The highest BCUT2D eigenvalue weighted by molar-refractivity contribution is 8.00. The van der Waals surface area contributed by atoms with Gasteiger partial charge in [-0.15, -0.1) is 11.8 Å². The van der Waals surface area contributed by atoms with Crippen LogP contribution in [0.15, 0.2) is 22.9 Å². The first kappa shape index (κ1) is 14.3. The van der Waals surface area contributed by atoms with E-state index in [1.54, 1.807) is 0 Å². The van der Waals surface area contributed by atoms with E-state index < -0.39 is 23.2 Å². The number of hydrogen-bond acceptors (Lipinski definition) is 6. The minimum atomic E-state index is -1.25. The van der Waals surface area contributed by atoms with Crippen LogP contribution in [-0.2, 0) is 23.9 Å². The van der Waals surface area contributed by atoms with Gasteiger partial charge in [-0.2, -0.15) is 0 Å². The molecule has 20 heavy (non-hydrogen) atoms. The first-order chi connectivity index (χ1) is 9.47. The van der Waals surface area contributed by atoms with Crippen molar-refractivity contribution in [1.29, 1.82) is 0 Å². The fourth-order valence-corrected chi connectivity index (χ4v) is 3.29. The number of carbonyl (C=O) groups is 4. The highest BCUT2D eigenvalue weighted by Gasteiger charge is 2.49. The number of amides is 1. The summed E-state index contributed by atoms with van der Waals surface area (Å²) in [4.78, 5) is 45.5. The van der Waals surface area contributed by atoms with E-state index in [0.29, 0.717) is 17.6 Å². The average Bonchev–Trinajstić information content (AvgIpc) is 2.40. The van der Waals surface area contributed by atoms with Crippen LogP contribution in [0.2, 0.25) is 0 Å². The number of carboxylic acid groups (broad SMARTS) is 1. The van der Waals surface area contributed by atoms with Crippen LogP contribution in [0.5, 0.6) is 0 Å². The van der Waals surface area contributed by atoms with Crippen molar-refractivity contribution in [2.75, 3.05) is 12.4 Å². The molecule has 0 saturated carbocycles. The van der Waals surface area contributed by atoms with E-state index in [1.807, 2.05) is 0 Å². The zero-order valence-corrected chi connectivity index (χ0v) is 11.3. The Kier molecular flexibility index (Phi) is 3.93. The van der Waals surface area contributed by atoms with Crippen molar-refractivity contribution in [3.05, 3.63) is 22.9 Å². The molecule has 1 amide bonds. The first-order valence-electron chi connectivity index (χ1n) is 5.66. The number of carbonyl (C=O) groups excluding carboxylic acids is 3. The highest BCUT2D eigenvalue weighted by Crippen LogP contribution is 2.43. The molecule has 106 valence electrons. The van der Waals surface area contributed by atoms with E-state index in [-0.39, 0.29) is 17.9 Å². The fourth-order valence-electron chi connectivity index (χ4n) is 2.01. The molecule has 0 radical (unpaired) electrons. The Balaban J connectivity index is 2.30. The lowest BCUT2D eigenvalue weighted by molar-refractivity contribution is -0.142. The zero-order chi connectivity index (χ0) is 14.9. The van der Waals surface area contributed by atoms with Crippen LogP contribution in [0, 0.1) is 0 Å². The van der Waals surface area contributed by atoms with Crippen LogP contribution in [-0.4, -0.2) is 51.9 Å². The highest BCUT2D eigenvalue weighted by atomic mass is 32.2. The fraction of sp³-hybridized carbons (Fsp3) is 0.333. The maximum atomic E-state index is 11.9. The molecule has 0 bridgehead atoms. The van der Waals surface area contributed by atoms with Gasteiger partial charge in [0.2, 0.25) is 0 Å². The van der Waals surface area contributed by atoms with E-state index in [2.05, 4.69) is 0 Å². The molecular weight excluding hydrogens is 286 g/mol. The second-order valence-electron chi connectivity index (χ2n) is 4.13. The second-order valence-corrected chi connectivity index (χ2v) is 5.20. The predicted octanol–water partition coefficient (Wildman–Crippen LogP) is -0.0714. The molecule has 1 fully saturated rings. The quantitative estimate of drug-likeness (QED) is 0.335. The summed E-state index contributed by atoms with van der Waals surface area (Å²) in [5.74, 6) is -1.96. The topological polar surface area (TPSA) is 101 Å². The maximum Gasteiger partial charge on any atom is 0.352 e. The van der Waals surface area contributed by atoms with Crippen LogP contribution in [0.25, 0.3) is 0 Å². The van der Waals surface area contributed by atoms with Gasteiger partial charge in [0.15, 0.2) is 0 Å². The SMILES string of the molecule is CC(=O)OCC1=C(C(=O)O)N2C(=O)/C(=C/C=O)[C@H]2SC1. The molecule has 1 saturated heterocycles. The summed E-state index contributed by atoms with van der Waals surface area (Å²) in [6.07, 6.45) is 1.65. The standard InChI is InChI=1S/C12H11NO6S/c1-6(15)19-4-7-5-20-11-8(2-3-14)10(16)13(11)9(7)12(17)18/h2-3,11H,4-5H2,1H3,(H,17,18)/b8-2-/t11-/m1/s1. The molecule has 0 unspecified atom stereocenters. The second kappa shape index (κ2) is 5.49. The number of nitrogens with zero attached hydrogens (tertiary/aromatic N) is 1. The molecule has 2 aliphatic heterocycles. The van der Waals surface area contributed by atoms with Gasteiger partial charge in [-0.25, -0.2) is 4.79 Å². The van der Waals surface area contributed by atoms with E-state index in [4.69, 9.17) is 4.74 Å². The van der Waals surface area contributed by atoms with E-state index >= 15 is 0 Å². The van der Waals surface area contributed by atoms with Gasteiger partial charge in [0.05, 0.1) is 5.57 Å². The van der Waals surface area contributed by atoms with Gasteiger partial charge in [0.1, 0.15) is 24.0 Å². The number of ether oxygens (including phenoxy) is 1.